The van der Waals surface area contributed by atoms with E-state index in [-0.39, 0.29) is 6.61 Å². The monoisotopic (exact) mass is 182 g/mol. The molecule has 0 aromatic heterocycles. The highest BCUT2D eigenvalue weighted by Gasteiger charge is 1.94. The van der Waals surface area contributed by atoms with Crippen LogP contribution >= 0.6 is 15.9 Å². The summed E-state index contributed by atoms with van der Waals surface area (Å²) in [4.78, 5) is 0. The van der Waals surface area contributed by atoms with Gasteiger partial charge in [0.05, 0.1) is 0 Å². The molecule has 0 saturated carbocycles. The van der Waals surface area contributed by atoms with E-state index in [0.29, 0.717) is 0 Å². The Morgan fingerprint density at radius 3 is 2.38 bits per heavy atom. The lowest BCUT2D eigenvalue weighted by Gasteiger charge is -1.98. The fourth-order valence-electron chi connectivity index (χ4n) is 0.425. The van der Waals surface area contributed by atoms with Crippen LogP contribution in [-0.2, 0) is 0 Å². The molecule has 0 heterocycles. The highest BCUT2D eigenvalue weighted by Crippen LogP contribution is 2.04. The largest absolute Gasteiger partial charge is 0.396 e. The van der Waals surface area contributed by atoms with Crippen molar-refractivity contribution in [1.82, 2.24) is 0 Å². The molecule has 0 saturated heterocycles. The van der Waals surface area contributed by atoms with Crippen LogP contribution in [0.5, 0.6) is 0 Å². The van der Waals surface area contributed by atoms with Crippen LogP contribution in [0.1, 0.15) is 19.3 Å². The van der Waals surface area contributed by atoms with Gasteiger partial charge < -0.3 is 10.2 Å². The summed E-state index contributed by atoms with van der Waals surface area (Å²) in [5, 5.41) is 16.5. The Morgan fingerprint density at radius 1 is 1.38 bits per heavy atom. The Bertz CT molecular complexity index is 47.7. The molecule has 0 aliphatic carbocycles. The van der Waals surface area contributed by atoms with Crippen LogP contribution in [0.25, 0.3) is 0 Å². The Kier molecular flexibility index (Phi) is 5.81. The molecule has 0 aliphatic rings. The van der Waals surface area contributed by atoms with Crippen LogP contribution in [0.2, 0.25) is 0 Å². The molecular weight excluding hydrogens is 172 g/mol. The lowest BCUT2D eigenvalue weighted by molar-refractivity contribution is 0.239. The summed E-state index contributed by atoms with van der Waals surface area (Å²) < 4.78 is 0. The second-order valence-corrected chi connectivity index (χ2v) is 2.71. The van der Waals surface area contributed by atoms with Gasteiger partial charge in [-0.15, -0.1) is 0 Å². The van der Waals surface area contributed by atoms with Crippen molar-refractivity contribution in [3.05, 3.63) is 0 Å². The van der Waals surface area contributed by atoms with Crippen LogP contribution in [0.3, 0.4) is 0 Å². The first-order valence-electron chi connectivity index (χ1n) is 2.70. The summed E-state index contributed by atoms with van der Waals surface area (Å²) in [6, 6.07) is 0. The molecular formula is C5H11BrO2. The third-order valence-corrected chi connectivity index (χ3v) is 1.31. The molecule has 2 N–H and O–H groups in total. The van der Waals surface area contributed by atoms with Gasteiger partial charge in [-0.2, -0.15) is 0 Å². The number of aliphatic hydroxyl groups is 2. The average molecular weight is 183 g/mol. The zero-order valence-electron chi connectivity index (χ0n) is 4.68. The molecule has 0 rings (SSSR count). The fraction of sp³-hybridized carbons (Fsp3) is 1.00. The number of hydrogen-bond acceptors (Lipinski definition) is 2. The van der Waals surface area contributed by atoms with Gasteiger partial charge in [0, 0.05) is 6.61 Å². The fourth-order valence-corrected chi connectivity index (χ4v) is 0.748. The molecule has 1 unspecified atom stereocenters. The highest BCUT2D eigenvalue weighted by molar-refractivity contribution is 9.09. The van der Waals surface area contributed by atoms with Gasteiger partial charge in [0.1, 0.15) is 5.01 Å². The maximum atomic E-state index is 8.61. The molecule has 3 heteroatoms. The third kappa shape index (κ3) is 6.40. The third-order valence-electron chi connectivity index (χ3n) is 0.850. The molecule has 8 heavy (non-hydrogen) atoms. The lowest BCUT2D eigenvalue weighted by Crippen LogP contribution is -1.94. The smallest absolute Gasteiger partial charge is 0.109 e. The van der Waals surface area contributed by atoms with E-state index in [9.17, 15) is 0 Å². The van der Waals surface area contributed by atoms with Gasteiger partial charge in [0.25, 0.3) is 0 Å². The van der Waals surface area contributed by atoms with Gasteiger partial charge >= 0.3 is 0 Å². The van der Waals surface area contributed by atoms with Crippen LogP contribution in [0, 0.1) is 0 Å². The second kappa shape index (κ2) is 5.54. The topological polar surface area (TPSA) is 40.5 Å². The van der Waals surface area contributed by atoms with E-state index < -0.39 is 5.01 Å². The number of halogens is 1. The van der Waals surface area contributed by atoms with Crippen molar-refractivity contribution >= 4 is 15.9 Å². The highest BCUT2D eigenvalue weighted by atomic mass is 79.9. The lowest BCUT2D eigenvalue weighted by atomic mass is 10.2. The van der Waals surface area contributed by atoms with E-state index in [0.717, 1.165) is 19.3 Å². The molecule has 0 spiro atoms. The molecule has 0 fully saturated rings. The van der Waals surface area contributed by atoms with Crippen molar-refractivity contribution in [3.63, 3.8) is 0 Å². The zero-order chi connectivity index (χ0) is 6.41. The number of alkyl halides is 1. The quantitative estimate of drug-likeness (QED) is 0.501. The summed E-state index contributed by atoms with van der Waals surface area (Å²) in [7, 11) is 0. The first kappa shape index (κ1) is 8.40. The first-order chi connectivity index (χ1) is 3.77. The van der Waals surface area contributed by atoms with Crippen molar-refractivity contribution in [1.29, 1.82) is 0 Å². The number of aliphatic hydroxyl groups excluding tert-OH is 2. The molecule has 50 valence electrons. The van der Waals surface area contributed by atoms with Crippen LogP contribution in [-0.4, -0.2) is 21.8 Å². The van der Waals surface area contributed by atoms with E-state index in [1.807, 2.05) is 0 Å². The first-order valence-corrected chi connectivity index (χ1v) is 3.62. The van der Waals surface area contributed by atoms with Crippen molar-refractivity contribution in [2.75, 3.05) is 6.61 Å². The van der Waals surface area contributed by atoms with Crippen molar-refractivity contribution < 1.29 is 10.2 Å². The standard InChI is InChI=1S/C5H11BrO2/c6-5(8)3-1-2-4-7/h5,7-8H,1-4H2. The molecule has 0 aromatic rings. The Labute approximate surface area is 57.7 Å². The van der Waals surface area contributed by atoms with Crippen LogP contribution in [0.15, 0.2) is 0 Å². The minimum absolute atomic E-state index is 0.222. The van der Waals surface area contributed by atoms with Gasteiger partial charge in [0.2, 0.25) is 0 Å². The Morgan fingerprint density at radius 2 is 2.00 bits per heavy atom. The van der Waals surface area contributed by atoms with E-state index in [4.69, 9.17) is 10.2 Å². The minimum atomic E-state index is -0.394. The minimum Gasteiger partial charge on any atom is -0.396 e. The van der Waals surface area contributed by atoms with Crippen molar-refractivity contribution in [2.45, 2.75) is 24.3 Å². The molecule has 0 bridgehead atoms. The summed E-state index contributed by atoms with van der Waals surface area (Å²) in [5.41, 5.74) is 0. The SMILES string of the molecule is OCCCCC(O)Br. The normalized spacial score (nSPS) is 13.9. The van der Waals surface area contributed by atoms with E-state index in [2.05, 4.69) is 15.9 Å². The van der Waals surface area contributed by atoms with Gasteiger partial charge in [-0.25, -0.2) is 0 Å². The Hall–Kier alpha value is 0.400. The molecule has 1 atom stereocenters. The molecule has 0 amide bonds. The second-order valence-electron chi connectivity index (χ2n) is 1.65. The maximum absolute atomic E-state index is 8.61. The molecule has 0 radical (unpaired) electrons. The van der Waals surface area contributed by atoms with Gasteiger partial charge in [-0.05, 0) is 19.3 Å². The number of rotatable bonds is 4. The Balaban J connectivity index is 2.72. The molecule has 0 aliphatic heterocycles. The summed E-state index contributed by atoms with van der Waals surface area (Å²) in [6.45, 7) is 0.222. The van der Waals surface area contributed by atoms with Crippen LogP contribution in [0.4, 0.5) is 0 Å². The predicted molar refractivity (Wildman–Crippen MR) is 35.9 cm³/mol. The van der Waals surface area contributed by atoms with Crippen LogP contribution < -0.4 is 0 Å². The van der Waals surface area contributed by atoms with Crippen molar-refractivity contribution in [3.8, 4) is 0 Å². The molecule has 0 aromatic carbocycles. The molecule has 2 nitrogen and oxygen atoms in total. The predicted octanol–water partition coefficient (Wildman–Crippen LogP) is 0.862. The zero-order valence-corrected chi connectivity index (χ0v) is 6.26. The van der Waals surface area contributed by atoms with Crippen molar-refractivity contribution in [2.24, 2.45) is 0 Å². The van der Waals surface area contributed by atoms with Gasteiger partial charge in [0.15, 0.2) is 0 Å². The van der Waals surface area contributed by atoms with Gasteiger partial charge in [-0.1, -0.05) is 15.9 Å². The van der Waals surface area contributed by atoms with E-state index >= 15 is 0 Å². The summed E-state index contributed by atoms with van der Waals surface area (Å²) >= 11 is 2.98. The summed E-state index contributed by atoms with van der Waals surface area (Å²) in [5.74, 6) is 0. The average Bonchev–Trinajstić information content (AvgIpc) is 1.66. The summed E-state index contributed by atoms with van der Waals surface area (Å²) in [6.07, 6.45) is 2.38. The number of hydrogen-bond donors (Lipinski definition) is 2. The van der Waals surface area contributed by atoms with Gasteiger partial charge in [-0.3, -0.25) is 0 Å². The van der Waals surface area contributed by atoms with E-state index in [1.54, 1.807) is 0 Å². The number of unbranched alkanes of at least 4 members (excludes halogenated alkanes) is 1. The van der Waals surface area contributed by atoms with E-state index in [1.165, 1.54) is 0 Å². The maximum Gasteiger partial charge on any atom is 0.109 e.